The van der Waals surface area contributed by atoms with Crippen molar-refractivity contribution in [3.8, 4) is 0 Å². The number of piperidine rings is 1. The highest BCUT2D eigenvalue weighted by molar-refractivity contribution is 5.94. The molecule has 4 rings (SSSR count). The van der Waals surface area contributed by atoms with E-state index in [-0.39, 0.29) is 23.8 Å². The lowest BCUT2D eigenvalue weighted by Crippen LogP contribution is -2.57. The third-order valence-corrected chi connectivity index (χ3v) is 5.27. The van der Waals surface area contributed by atoms with Gasteiger partial charge in [-0.2, -0.15) is 0 Å². The van der Waals surface area contributed by atoms with Gasteiger partial charge in [0.1, 0.15) is 0 Å². The monoisotopic (exact) mass is 337 g/mol. The number of carbonyl (C=O) groups is 1. The first-order valence-electron chi connectivity index (χ1n) is 8.92. The number of nitrogens with zero attached hydrogens (tertiary/aromatic N) is 3. The first-order chi connectivity index (χ1) is 12.2. The maximum absolute atomic E-state index is 12.9. The van der Waals surface area contributed by atoms with Gasteiger partial charge < -0.3 is 4.74 Å². The van der Waals surface area contributed by atoms with E-state index < -0.39 is 0 Å². The fraction of sp³-hybridized carbons (Fsp3) is 0.450. The molecule has 1 aromatic carbocycles. The molecule has 5 nitrogen and oxygen atoms in total. The number of hydrogen-bond acceptors (Lipinski definition) is 5. The van der Waals surface area contributed by atoms with Crippen molar-refractivity contribution in [2.45, 2.75) is 38.4 Å². The summed E-state index contributed by atoms with van der Waals surface area (Å²) in [6.45, 7) is 4.20. The largest absolute Gasteiger partial charge is 0.378 e. The minimum Gasteiger partial charge on any atom is -0.378 e. The van der Waals surface area contributed by atoms with Crippen molar-refractivity contribution in [2.24, 2.45) is 5.92 Å². The first-order valence-corrected chi connectivity index (χ1v) is 8.92. The molecule has 130 valence electrons. The summed E-state index contributed by atoms with van der Waals surface area (Å²) in [5, 5.41) is 0. The van der Waals surface area contributed by atoms with E-state index in [9.17, 15) is 4.79 Å². The Morgan fingerprint density at radius 1 is 1.16 bits per heavy atom. The Hall–Kier alpha value is -2.11. The van der Waals surface area contributed by atoms with Gasteiger partial charge in [-0.15, -0.1) is 0 Å². The van der Waals surface area contributed by atoms with Crippen LogP contribution in [0.2, 0.25) is 0 Å². The minimum absolute atomic E-state index is 0.00674. The summed E-state index contributed by atoms with van der Waals surface area (Å²) in [6.07, 6.45) is 3.31. The fourth-order valence-corrected chi connectivity index (χ4v) is 4.01. The third-order valence-electron chi connectivity index (χ3n) is 5.27. The van der Waals surface area contributed by atoms with Crippen LogP contribution in [0.15, 0.2) is 42.6 Å². The normalized spacial score (nSPS) is 26.4. The van der Waals surface area contributed by atoms with Gasteiger partial charge in [-0.3, -0.25) is 9.69 Å². The van der Waals surface area contributed by atoms with Gasteiger partial charge in [-0.25, -0.2) is 9.97 Å². The van der Waals surface area contributed by atoms with E-state index >= 15 is 0 Å². The molecule has 2 bridgehead atoms. The van der Waals surface area contributed by atoms with E-state index in [2.05, 4.69) is 39.1 Å². The summed E-state index contributed by atoms with van der Waals surface area (Å²) in [5.41, 5.74) is 2.15. The smallest absolute Gasteiger partial charge is 0.203 e. The first kappa shape index (κ1) is 16.4. The lowest BCUT2D eigenvalue weighted by atomic mass is 9.82. The Morgan fingerprint density at radius 2 is 1.88 bits per heavy atom. The van der Waals surface area contributed by atoms with Crippen molar-refractivity contribution in [1.82, 2.24) is 14.9 Å². The summed E-state index contributed by atoms with van der Waals surface area (Å²) >= 11 is 0. The van der Waals surface area contributed by atoms with Gasteiger partial charge >= 0.3 is 0 Å². The summed E-state index contributed by atoms with van der Waals surface area (Å²) in [7, 11) is 0. The number of Topliss-reactive ketones (excluding diaryl/α,β-unsaturated/α-hetero) is 1. The lowest BCUT2D eigenvalue weighted by Gasteiger charge is -2.48. The molecular weight excluding hydrogens is 314 g/mol. The van der Waals surface area contributed by atoms with Crippen molar-refractivity contribution < 1.29 is 9.53 Å². The van der Waals surface area contributed by atoms with Crippen molar-refractivity contribution >= 4 is 5.78 Å². The van der Waals surface area contributed by atoms with Crippen LogP contribution < -0.4 is 0 Å². The lowest BCUT2D eigenvalue weighted by molar-refractivity contribution is -0.0873. The third kappa shape index (κ3) is 3.48. The Morgan fingerprint density at radius 3 is 2.56 bits per heavy atom. The molecule has 2 fully saturated rings. The van der Waals surface area contributed by atoms with Crippen molar-refractivity contribution in [1.29, 1.82) is 0 Å². The maximum Gasteiger partial charge on any atom is 0.203 e. The van der Waals surface area contributed by atoms with Crippen LogP contribution in [0.5, 0.6) is 0 Å². The molecule has 5 heteroatoms. The Labute approximate surface area is 148 Å². The SMILES string of the molecule is Cc1ccnc(C(=O)C2CC3COCC(C2)N3Cc2ccccc2)n1. The van der Waals surface area contributed by atoms with E-state index in [0.29, 0.717) is 19.0 Å². The number of hydrogen-bond donors (Lipinski definition) is 0. The zero-order valence-electron chi connectivity index (χ0n) is 14.5. The van der Waals surface area contributed by atoms with Gasteiger partial charge in [0.25, 0.3) is 0 Å². The molecule has 0 spiro atoms. The number of benzene rings is 1. The molecule has 0 N–H and O–H groups in total. The fourth-order valence-electron chi connectivity index (χ4n) is 4.01. The predicted molar refractivity (Wildman–Crippen MR) is 94.2 cm³/mol. The van der Waals surface area contributed by atoms with Gasteiger partial charge in [0.05, 0.1) is 13.2 Å². The molecule has 0 saturated carbocycles. The molecule has 3 heterocycles. The number of fused-ring (bicyclic) bond motifs is 2. The van der Waals surface area contributed by atoms with Crippen LogP contribution in [-0.2, 0) is 11.3 Å². The predicted octanol–water partition coefficient (Wildman–Crippen LogP) is 2.65. The number of rotatable bonds is 4. The van der Waals surface area contributed by atoms with E-state index in [1.54, 1.807) is 6.20 Å². The summed E-state index contributed by atoms with van der Waals surface area (Å²) in [5.74, 6) is 0.438. The molecule has 0 aliphatic carbocycles. The minimum atomic E-state index is -0.00674. The maximum atomic E-state index is 12.9. The average molecular weight is 337 g/mol. The number of ether oxygens (including phenoxy) is 1. The van der Waals surface area contributed by atoms with Crippen LogP contribution in [0.25, 0.3) is 0 Å². The van der Waals surface area contributed by atoms with Crippen LogP contribution >= 0.6 is 0 Å². The molecule has 1 aromatic heterocycles. The molecule has 25 heavy (non-hydrogen) atoms. The molecular formula is C20H23N3O2. The van der Waals surface area contributed by atoms with Crippen LogP contribution in [0.4, 0.5) is 0 Å². The Bertz CT molecular complexity index is 736. The van der Waals surface area contributed by atoms with E-state index in [0.717, 1.165) is 25.1 Å². The molecule has 2 aromatic rings. The molecule has 0 radical (unpaired) electrons. The van der Waals surface area contributed by atoms with Gasteiger partial charge in [0, 0.05) is 36.4 Å². The number of ketones is 1. The highest BCUT2D eigenvalue weighted by Crippen LogP contribution is 2.34. The number of carbonyl (C=O) groups excluding carboxylic acids is 1. The zero-order valence-corrected chi connectivity index (χ0v) is 14.5. The van der Waals surface area contributed by atoms with Crippen molar-refractivity contribution in [3.63, 3.8) is 0 Å². The van der Waals surface area contributed by atoms with Gasteiger partial charge in [0.2, 0.25) is 5.78 Å². The van der Waals surface area contributed by atoms with Crippen molar-refractivity contribution in [2.75, 3.05) is 13.2 Å². The zero-order chi connectivity index (χ0) is 17.2. The Balaban J connectivity index is 1.50. The van der Waals surface area contributed by atoms with Crippen LogP contribution in [-0.4, -0.2) is 45.9 Å². The average Bonchev–Trinajstić information content (AvgIpc) is 2.62. The second-order valence-electron chi connectivity index (χ2n) is 7.06. The molecule has 2 unspecified atom stereocenters. The van der Waals surface area contributed by atoms with Gasteiger partial charge in [0.15, 0.2) is 5.82 Å². The number of aromatic nitrogens is 2. The van der Waals surface area contributed by atoms with E-state index in [4.69, 9.17) is 4.74 Å². The van der Waals surface area contributed by atoms with Gasteiger partial charge in [-0.05, 0) is 31.4 Å². The quantitative estimate of drug-likeness (QED) is 0.803. The molecule has 2 atom stereocenters. The van der Waals surface area contributed by atoms with Gasteiger partial charge in [-0.1, -0.05) is 30.3 Å². The second-order valence-corrected chi connectivity index (χ2v) is 7.06. The molecule has 0 amide bonds. The van der Waals surface area contributed by atoms with E-state index in [1.807, 2.05) is 19.1 Å². The van der Waals surface area contributed by atoms with E-state index in [1.165, 1.54) is 5.56 Å². The molecule has 2 saturated heterocycles. The standard InChI is InChI=1S/C20H23N3O2/c1-14-7-8-21-20(22-14)19(24)16-9-17-12-25-13-18(10-16)23(17)11-15-5-3-2-4-6-15/h2-8,16-18H,9-13H2,1H3. The Kier molecular flexibility index (Phi) is 4.59. The van der Waals surface area contributed by atoms with Crippen LogP contribution in [0.3, 0.4) is 0 Å². The highest BCUT2D eigenvalue weighted by atomic mass is 16.5. The molecule has 2 aliphatic heterocycles. The van der Waals surface area contributed by atoms with Crippen molar-refractivity contribution in [3.05, 3.63) is 59.7 Å². The molecule has 2 aliphatic rings. The number of morpholine rings is 1. The number of aryl methyl sites for hydroxylation is 1. The van der Waals surface area contributed by atoms with Crippen LogP contribution in [0, 0.1) is 12.8 Å². The second kappa shape index (κ2) is 7.02. The topological polar surface area (TPSA) is 55.3 Å². The van der Waals surface area contributed by atoms with Crippen LogP contribution in [0.1, 0.15) is 34.7 Å². The summed E-state index contributed by atoms with van der Waals surface area (Å²) in [6, 6.07) is 12.9. The summed E-state index contributed by atoms with van der Waals surface area (Å²) < 4.78 is 5.77. The highest BCUT2D eigenvalue weighted by Gasteiger charge is 2.41. The summed E-state index contributed by atoms with van der Waals surface area (Å²) in [4.78, 5) is 23.9.